The van der Waals surface area contributed by atoms with Gasteiger partial charge in [-0.2, -0.15) is 0 Å². The third-order valence-corrected chi connectivity index (χ3v) is 6.66. The van der Waals surface area contributed by atoms with Gasteiger partial charge in [-0.1, -0.05) is 18.2 Å². The van der Waals surface area contributed by atoms with Gasteiger partial charge in [0, 0.05) is 43.3 Å². The second-order valence-corrected chi connectivity index (χ2v) is 8.93. The largest absolute Gasteiger partial charge is 0.497 e. The molecule has 7 heteroatoms. The standard InChI is InChI=1S/C29H35N5O2/c1-4-33(5-2)23-11-8-21(9-12-23)29-32-26-18-22(25(30)19-28(31)35)10-15-27(26)34(29)17-16-20-6-13-24(36-3)14-7-20/h6-15,18,25H,4-5,16-17,19,30H2,1-3H3,(H2,31,35). The number of carbonyl (C=O) groups excluding carboxylic acids is 1. The van der Waals surface area contributed by atoms with Gasteiger partial charge in [0.1, 0.15) is 11.6 Å². The van der Waals surface area contributed by atoms with Crippen molar-refractivity contribution in [3.8, 4) is 17.1 Å². The summed E-state index contributed by atoms with van der Waals surface area (Å²) in [4.78, 5) is 18.7. The number of anilines is 1. The molecule has 0 aliphatic carbocycles. The van der Waals surface area contributed by atoms with Gasteiger partial charge >= 0.3 is 0 Å². The van der Waals surface area contributed by atoms with E-state index in [1.54, 1.807) is 7.11 Å². The molecule has 0 fully saturated rings. The number of nitrogens with two attached hydrogens (primary N) is 2. The molecule has 1 heterocycles. The predicted molar refractivity (Wildman–Crippen MR) is 146 cm³/mol. The van der Waals surface area contributed by atoms with Crippen LogP contribution >= 0.6 is 0 Å². The number of rotatable bonds is 11. The first kappa shape index (κ1) is 25.3. The molecule has 0 radical (unpaired) electrons. The van der Waals surface area contributed by atoms with E-state index in [4.69, 9.17) is 21.2 Å². The smallest absolute Gasteiger partial charge is 0.219 e. The van der Waals surface area contributed by atoms with Gasteiger partial charge in [0.25, 0.3) is 0 Å². The lowest BCUT2D eigenvalue weighted by molar-refractivity contribution is -0.118. The number of fused-ring (bicyclic) bond motifs is 1. The van der Waals surface area contributed by atoms with Crippen molar-refractivity contribution in [2.45, 2.75) is 39.3 Å². The second kappa shape index (κ2) is 11.3. The maximum absolute atomic E-state index is 11.4. The first-order valence-electron chi connectivity index (χ1n) is 12.5. The Morgan fingerprint density at radius 1 is 1.03 bits per heavy atom. The zero-order valence-corrected chi connectivity index (χ0v) is 21.3. The van der Waals surface area contributed by atoms with Gasteiger partial charge in [0.2, 0.25) is 5.91 Å². The summed E-state index contributed by atoms with van der Waals surface area (Å²) in [5.41, 5.74) is 17.8. The summed E-state index contributed by atoms with van der Waals surface area (Å²) in [7, 11) is 1.67. The van der Waals surface area contributed by atoms with E-state index in [-0.39, 0.29) is 6.42 Å². The lowest BCUT2D eigenvalue weighted by Gasteiger charge is -2.21. The van der Waals surface area contributed by atoms with Crippen molar-refractivity contribution in [1.82, 2.24) is 9.55 Å². The number of primary amides is 1. The number of hydrogen-bond donors (Lipinski definition) is 2. The minimum absolute atomic E-state index is 0.101. The number of amides is 1. The minimum atomic E-state index is -0.451. The molecule has 0 aliphatic rings. The molecule has 4 N–H and O–H groups in total. The quantitative estimate of drug-likeness (QED) is 0.321. The normalized spacial score (nSPS) is 12.0. The van der Waals surface area contributed by atoms with Crippen LogP contribution in [-0.2, 0) is 17.8 Å². The van der Waals surface area contributed by atoms with E-state index >= 15 is 0 Å². The summed E-state index contributed by atoms with van der Waals surface area (Å²) in [6, 6.07) is 22.3. The molecule has 0 bridgehead atoms. The minimum Gasteiger partial charge on any atom is -0.497 e. The number of aryl methyl sites for hydroxylation is 2. The summed E-state index contributed by atoms with van der Waals surface area (Å²) in [6.45, 7) is 7.02. The Morgan fingerprint density at radius 2 is 1.72 bits per heavy atom. The van der Waals surface area contributed by atoms with Crippen LogP contribution in [0.4, 0.5) is 5.69 Å². The summed E-state index contributed by atoms with van der Waals surface area (Å²) in [6.07, 6.45) is 0.951. The van der Waals surface area contributed by atoms with Crippen molar-refractivity contribution < 1.29 is 9.53 Å². The molecule has 1 amide bonds. The molecule has 0 aliphatic heterocycles. The number of carbonyl (C=O) groups is 1. The van der Waals surface area contributed by atoms with Crippen molar-refractivity contribution in [2.75, 3.05) is 25.1 Å². The van der Waals surface area contributed by atoms with Crippen LogP contribution in [-0.4, -0.2) is 35.7 Å². The average Bonchev–Trinajstić information content (AvgIpc) is 3.26. The van der Waals surface area contributed by atoms with E-state index in [1.165, 1.54) is 11.3 Å². The molecular weight excluding hydrogens is 450 g/mol. The molecule has 36 heavy (non-hydrogen) atoms. The van der Waals surface area contributed by atoms with Crippen LogP contribution < -0.4 is 21.1 Å². The van der Waals surface area contributed by atoms with Crippen molar-refractivity contribution in [2.24, 2.45) is 11.5 Å². The lowest BCUT2D eigenvalue weighted by Crippen LogP contribution is -2.21. The highest BCUT2D eigenvalue weighted by atomic mass is 16.5. The van der Waals surface area contributed by atoms with Crippen molar-refractivity contribution in [1.29, 1.82) is 0 Å². The summed E-state index contributed by atoms with van der Waals surface area (Å²) in [5, 5.41) is 0. The number of imidazole rings is 1. The summed E-state index contributed by atoms with van der Waals surface area (Å²) >= 11 is 0. The predicted octanol–water partition coefficient (Wildman–Crippen LogP) is 4.68. The number of methoxy groups -OCH3 is 1. The number of hydrogen-bond acceptors (Lipinski definition) is 5. The second-order valence-electron chi connectivity index (χ2n) is 8.93. The van der Waals surface area contributed by atoms with Gasteiger partial charge < -0.3 is 25.7 Å². The van der Waals surface area contributed by atoms with Gasteiger partial charge in [-0.15, -0.1) is 0 Å². The maximum Gasteiger partial charge on any atom is 0.219 e. The summed E-state index contributed by atoms with van der Waals surface area (Å²) in [5.74, 6) is 1.34. The molecule has 0 saturated heterocycles. The molecule has 188 valence electrons. The lowest BCUT2D eigenvalue weighted by atomic mass is 10.0. The highest BCUT2D eigenvalue weighted by molar-refractivity contribution is 5.82. The van der Waals surface area contributed by atoms with E-state index < -0.39 is 11.9 Å². The molecule has 3 aromatic carbocycles. The third kappa shape index (κ3) is 5.52. The third-order valence-electron chi connectivity index (χ3n) is 6.66. The molecule has 1 unspecified atom stereocenters. The Labute approximate surface area is 212 Å². The monoisotopic (exact) mass is 485 g/mol. The Kier molecular flexibility index (Phi) is 7.90. The van der Waals surface area contributed by atoms with Crippen LogP contribution in [0.15, 0.2) is 66.7 Å². The van der Waals surface area contributed by atoms with Crippen molar-refractivity contribution in [3.05, 3.63) is 77.9 Å². The highest BCUT2D eigenvalue weighted by Crippen LogP contribution is 2.29. The Bertz CT molecular complexity index is 1310. The fraction of sp³-hybridized carbons (Fsp3) is 0.310. The SMILES string of the molecule is CCN(CC)c1ccc(-c2nc3cc(C(N)CC(N)=O)ccc3n2CCc2ccc(OC)cc2)cc1. The van der Waals surface area contributed by atoms with Crippen LogP contribution in [0, 0.1) is 0 Å². The average molecular weight is 486 g/mol. The molecular formula is C29H35N5O2. The van der Waals surface area contributed by atoms with Gasteiger partial charge in [0.15, 0.2) is 0 Å². The van der Waals surface area contributed by atoms with Crippen LogP contribution in [0.25, 0.3) is 22.4 Å². The number of ether oxygens (including phenoxy) is 1. The molecule has 0 saturated carbocycles. The Balaban J connectivity index is 1.72. The summed E-state index contributed by atoms with van der Waals surface area (Å²) < 4.78 is 7.55. The molecule has 1 aromatic heterocycles. The van der Waals surface area contributed by atoms with Crippen LogP contribution in [0.3, 0.4) is 0 Å². The van der Waals surface area contributed by atoms with Crippen LogP contribution in [0.5, 0.6) is 5.75 Å². The first-order valence-corrected chi connectivity index (χ1v) is 12.5. The molecule has 1 atom stereocenters. The molecule has 4 aromatic rings. The van der Waals surface area contributed by atoms with E-state index in [1.807, 2.05) is 30.3 Å². The van der Waals surface area contributed by atoms with Gasteiger partial charge in [-0.25, -0.2) is 4.98 Å². The van der Waals surface area contributed by atoms with Crippen molar-refractivity contribution in [3.63, 3.8) is 0 Å². The highest BCUT2D eigenvalue weighted by Gasteiger charge is 2.16. The zero-order chi connectivity index (χ0) is 25.7. The molecule has 0 spiro atoms. The van der Waals surface area contributed by atoms with Crippen molar-refractivity contribution >= 4 is 22.6 Å². The number of nitrogens with zero attached hydrogens (tertiary/aromatic N) is 3. The van der Waals surface area contributed by atoms with Crippen LogP contribution in [0.1, 0.15) is 37.4 Å². The van der Waals surface area contributed by atoms with Gasteiger partial charge in [-0.05, 0) is 79.9 Å². The van der Waals surface area contributed by atoms with Gasteiger partial charge in [0.05, 0.1) is 18.1 Å². The van der Waals surface area contributed by atoms with E-state index in [0.717, 1.165) is 59.8 Å². The maximum atomic E-state index is 11.4. The first-order chi connectivity index (χ1) is 17.4. The zero-order valence-electron chi connectivity index (χ0n) is 21.3. The molecule has 4 rings (SSSR count). The van der Waals surface area contributed by atoms with E-state index in [0.29, 0.717) is 0 Å². The number of aromatic nitrogens is 2. The fourth-order valence-corrected chi connectivity index (χ4v) is 4.60. The van der Waals surface area contributed by atoms with Gasteiger partial charge in [-0.3, -0.25) is 4.79 Å². The van der Waals surface area contributed by atoms with E-state index in [2.05, 4.69) is 59.7 Å². The number of benzene rings is 3. The Hall–Kier alpha value is -3.84. The Morgan fingerprint density at radius 3 is 2.33 bits per heavy atom. The van der Waals surface area contributed by atoms with Crippen LogP contribution in [0.2, 0.25) is 0 Å². The topological polar surface area (TPSA) is 99.4 Å². The fourth-order valence-electron chi connectivity index (χ4n) is 4.60. The van der Waals surface area contributed by atoms with E-state index in [9.17, 15) is 4.79 Å². The molecule has 7 nitrogen and oxygen atoms in total.